The second kappa shape index (κ2) is 13.4. The molecule has 2 aliphatic heterocycles. The highest BCUT2D eigenvalue weighted by Gasteiger charge is 2.44. The molecular formula is C31H32INO5. The molecular weight excluding hydrogens is 593 g/mol. The number of nitrogens with zero attached hydrogens (tertiary/aromatic N) is 1. The minimum atomic E-state index is -0.497. The van der Waals surface area contributed by atoms with E-state index in [0.29, 0.717) is 38.7 Å². The highest BCUT2D eigenvalue weighted by molar-refractivity contribution is 14.1. The maximum Gasteiger partial charge on any atom is 0.239 e. The number of hydrogen-bond donors (Lipinski definition) is 0. The highest BCUT2D eigenvalue weighted by Crippen LogP contribution is 2.33. The fourth-order valence-corrected chi connectivity index (χ4v) is 5.30. The van der Waals surface area contributed by atoms with Gasteiger partial charge in [-0.25, -0.2) is 0 Å². The fraction of sp³-hybridized carbons (Fsp3) is 0.323. The Kier molecular flexibility index (Phi) is 9.46. The molecule has 7 heteroatoms. The molecule has 2 aliphatic rings. The Hall–Kier alpha value is -2.72. The Morgan fingerprint density at radius 1 is 0.789 bits per heavy atom. The van der Waals surface area contributed by atoms with Gasteiger partial charge >= 0.3 is 0 Å². The molecule has 3 aromatic rings. The van der Waals surface area contributed by atoms with E-state index in [1.165, 1.54) is 0 Å². The number of carbonyl (C=O) groups is 1. The summed E-state index contributed by atoms with van der Waals surface area (Å²) in [7, 11) is 0. The second-order valence-corrected chi connectivity index (χ2v) is 10.9. The molecule has 0 bridgehead atoms. The number of benzene rings is 3. The molecule has 0 aliphatic carbocycles. The summed E-state index contributed by atoms with van der Waals surface area (Å²) < 4.78 is 25.3. The van der Waals surface area contributed by atoms with Crippen LogP contribution in [0, 0.1) is 0 Å². The van der Waals surface area contributed by atoms with Gasteiger partial charge in [0.05, 0.1) is 36.0 Å². The molecule has 5 rings (SSSR count). The summed E-state index contributed by atoms with van der Waals surface area (Å²) in [5.74, 6) is 0.0781. The molecule has 1 saturated heterocycles. The van der Waals surface area contributed by atoms with Gasteiger partial charge in [0.15, 0.2) is 6.10 Å². The predicted molar refractivity (Wildman–Crippen MR) is 153 cm³/mol. The lowest BCUT2D eigenvalue weighted by atomic mass is 10.0. The van der Waals surface area contributed by atoms with Crippen LogP contribution < -0.4 is 0 Å². The van der Waals surface area contributed by atoms with Crippen LogP contribution in [-0.4, -0.2) is 46.2 Å². The number of amides is 1. The molecule has 0 aromatic heterocycles. The zero-order valence-corrected chi connectivity index (χ0v) is 23.3. The number of rotatable bonds is 11. The van der Waals surface area contributed by atoms with Crippen molar-refractivity contribution in [3.05, 3.63) is 120 Å². The zero-order chi connectivity index (χ0) is 26.2. The Morgan fingerprint density at radius 2 is 1.34 bits per heavy atom. The third-order valence-corrected chi connectivity index (χ3v) is 7.88. The van der Waals surface area contributed by atoms with Crippen LogP contribution in [0.15, 0.2) is 103 Å². The third kappa shape index (κ3) is 6.83. The van der Waals surface area contributed by atoms with Crippen molar-refractivity contribution in [1.82, 2.24) is 4.90 Å². The van der Waals surface area contributed by atoms with E-state index in [9.17, 15) is 4.79 Å². The number of likely N-dealkylation sites (tertiary alicyclic amines) is 1. The van der Waals surface area contributed by atoms with Crippen molar-refractivity contribution < 1.29 is 23.7 Å². The molecule has 0 spiro atoms. The first-order valence-corrected chi connectivity index (χ1v) is 14.2. The first-order valence-electron chi connectivity index (χ1n) is 12.9. The minimum absolute atomic E-state index is 0.0566. The van der Waals surface area contributed by atoms with Gasteiger partial charge in [0.25, 0.3) is 0 Å². The molecule has 2 heterocycles. The topological polar surface area (TPSA) is 57.2 Å². The average Bonchev–Trinajstić information content (AvgIpc) is 3.30. The average molecular weight is 626 g/mol. The van der Waals surface area contributed by atoms with Gasteiger partial charge in [-0.15, -0.1) is 0 Å². The van der Waals surface area contributed by atoms with E-state index in [4.69, 9.17) is 18.9 Å². The second-order valence-electron chi connectivity index (χ2n) is 9.44. The molecule has 0 saturated carbocycles. The lowest BCUT2D eigenvalue weighted by Gasteiger charge is -2.40. The number of alkyl halides is 1. The first kappa shape index (κ1) is 26.9. The molecule has 0 N–H and O–H groups in total. The summed E-state index contributed by atoms with van der Waals surface area (Å²) in [4.78, 5) is 14.8. The summed E-state index contributed by atoms with van der Waals surface area (Å²) >= 11 is 2.21. The van der Waals surface area contributed by atoms with E-state index in [1.807, 2.05) is 91.0 Å². The van der Waals surface area contributed by atoms with Crippen molar-refractivity contribution in [2.24, 2.45) is 0 Å². The van der Waals surface area contributed by atoms with Gasteiger partial charge in [0, 0.05) is 6.54 Å². The summed E-state index contributed by atoms with van der Waals surface area (Å²) in [6.07, 6.45) is 1.10. The van der Waals surface area contributed by atoms with E-state index >= 15 is 0 Å². The van der Waals surface area contributed by atoms with E-state index in [2.05, 4.69) is 22.6 Å². The predicted octanol–water partition coefficient (Wildman–Crippen LogP) is 5.65. The number of hydrogen-bond acceptors (Lipinski definition) is 5. The van der Waals surface area contributed by atoms with Crippen molar-refractivity contribution in [3.8, 4) is 0 Å². The van der Waals surface area contributed by atoms with E-state index in [1.54, 1.807) is 11.2 Å². The fourth-order valence-electron chi connectivity index (χ4n) is 4.69. The standard InChI is InChI=1S/C31H32INO5/c32-26-16-17-33(31(26)34)27-21-36-28(22-35-18-23-10-4-1-5-11-23)30(38-20-25-14-8-3-9-15-25)29(27)37-19-24-12-6-2-7-13-24/h1-15,21,26,28-30H,16-20,22H2/t26?,28-,29-,30+/m1/s1. The van der Waals surface area contributed by atoms with Gasteiger partial charge in [0.1, 0.15) is 18.5 Å². The number of ether oxygens (including phenoxy) is 4. The van der Waals surface area contributed by atoms with Gasteiger partial charge in [0.2, 0.25) is 5.91 Å². The molecule has 1 amide bonds. The maximum atomic E-state index is 13.0. The van der Waals surface area contributed by atoms with Gasteiger partial charge in [-0.3, -0.25) is 4.79 Å². The third-order valence-electron chi connectivity index (χ3n) is 6.72. The van der Waals surface area contributed by atoms with Crippen LogP contribution in [0.4, 0.5) is 0 Å². The van der Waals surface area contributed by atoms with Gasteiger partial charge in [-0.1, -0.05) is 114 Å². The highest BCUT2D eigenvalue weighted by atomic mass is 127. The molecule has 198 valence electrons. The Balaban J connectivity index is 1.38. The molecule has 0 radical (unpaired) electrons. The summed E-state index contributed by atoms with van der Waals surface area (Å²) in [6.45, 7) is 2.21. The van der Waals surface area contributed by atoms with E-state index < -0.39 is 18.3 Å². The van der Waals surface area contributed by atoms with E-state index in [0.717, 1.165) is 23.1 Å². The van der Waals surface area contributed by atoms with Crippen LogP contribution in [0.2, 0.25) is 0 Å². The van der Waals surface area contributed by atoms with E-state index in [-0.39, 0.29) is 9.83 Å². The summed E-state index contributed by atoms with van der Waals surface area (Å²) in [5, 5.41) is 0. The van der Waals surface area contributed by atoms with Crippen LogP contribution in [0.3, 0.4) is 0 Å². The summed E-state index contributed by atoms with van der Waals surface area (Å²) in [6, 6.07) is 30.1. The molecule has 1 unspecified atom stereocenters. The SMILES string of the molecule is O=C1C(I)CCN1C1=CO[C@H](COCc2ccccc2)[C@H](OCc2ccccc2)[C@@H]1OCc1ccccc1. The Morgan fingerprint density at radius 3 is 1.89 bits per heavy atom. The molecule has 38 heavy (non-hydrogen) atoms. The van der Waals surface area contributed by atoms with Crippen molar-refractivity contribution in [2.75, 3.05) is 13.2 Å². The summed E-state index contributed by atoms with van der Waals surface area (Å²) in [5.41, 5.74) is 3.91. The zero-order valence-electron chi connectivity index (χ0n) is 21.2. The van der Waals surface area contributed by atoms with Crippen LogP contribution in [-0.2, 0) is 43.6 Å². The molecule has 6 nitrogen and oxygen atoms in total. The molecule has 1 fully saturated rings. The minimum Gasteiger partial charge on any atom is -0.491 e. The van der Waals surface area contributed by atoms with Gasteiger partial charge in [-0.05, 0) is 23.1 Å². The Labute approximate surface area is 237 Å². The van der Waals surface area contributed by atoms with Crippen molar-refractivity contribution in [2.45, 2.75) is 48.5 Å². The number of halogens is 1. The van der Waals surface area contributed by atoms with Crippen molar-refractivity contribution in [3.63, 3.8) is 0 Å². The quantitative estimate of drug-likeness (QED) is 0.204. The van der Waals surface area contributed by atoms with Crippen LogP contribution >= 0.6 is 22.6 Å². The largest absolute Gasteiger partial charge is 0.491 e. The van der Waals surface area contributed by atoms with Gasteiger partial charge < -0.3 is 23.8 Å². The van der Waals surface area contributed by atoms with Gasteiger partial charge in [-0.2, -0.15) is 0 Å². The normalized spacial score (nSPS) is 23.2. The van der Waals surface area contributed by atoms with Crippen LogP contribution in [0.1, 0.15) is 23.1 Å². The molecule has 3 aromatic carbocycles. The van der Waals surface area contributed by atoms with Crippen molar-refractivity contribution >= 4 is 28.5 Å². The molecule has 4 atom stereocenters. The number of carbonyl (C=O) groups excluding carboxylic acids is 1. The van der Waals surface area contributed by atoms with Crippen LogP contribution in [0.25, 0.3) is 0 Å². The van der Waals surface area contributed by atoms with Crippen molar-refractivity contribution in [1.29, 1.82) is 0 Å². The monoisotopic (exact) mass is 625 g/mol. The smallest absolute Gasteiger partial charge is 0.239 e. The van der Waals surface area contributed by atoms with Crippen LogP contribution in [0.5, 0.6) is 0 Å². The Bertz CT molecular complexity index is 1190. The maximum absolute atomic E-state index is 13.0. The first-order chi connectivity index (χ1) is 18.7. The lowest BCUT2D eigenvalue weighted by molar-refractivity contribution is -0.161. The lowest BCUT2D eigenvalue weighted by Crippen LogP contribution is -2.51.